The Labute approximate surface area is 174 Å². The van der Waals surface area contributed by atoms with Gasteiger partial charge in [0.2, 0.25) is 0 Å². The highest BCUT2D eigenvalue weighted by Crippen LogP contribution is 2.34. The Bertz CT molecular complexity index is 1120. The number of fused-ring (bicyclic) bond motifs is 1. The quantitative estimate of drug-likeness (QED) is 0.520. The maximum Gasteiger partial charge on any atom is 0.258 e. The summed E-state index contributed by atoms with van der Waals surface area (Å²) < 4.78 is 27.7. The topological polar surface area (TPSA) is 32.7 Å². The van der Waals surface area contributed by atoms with Crippen LogP contribution in [0.4, 0.5) is 20.2 Å². The van der Waals surface area contributed by atoms with Crippen LogP contribution in [0, 0.1) is 11.6 Å². The summed E-state index contributed by atoms with van der Waals surface area (Å²) in [4.78, 5) is 19.6. The number of amides is 1. The predicted octanol–water partition coefficient (Wildman–Crippen LogP) is 6.09. The molecule has 5 heteroatoms. The maximum atomic E-state index is 14.1. The van der Waals surface area contributed by atoms with Crippen molar-refractivity contribution in [3.8, 4) is 0 Å². The Morgan fingerprint density at radius 3 is 2.47 bits per heavy atom. The Kier molecular flexibility index (Phi) is 5.44. The predicted molar refractivity (Wildman–Crippen MR) is 116 cm³/mol. The number of carbonyl (C=O) groups is 1. The van der Waals surface area contributed by atoms with Crippen LogP contribution in [-0.2, 0) is 6.42 Å². The van der Waals surface area contributed by atoms with Crippen molar-refractivity contribution in [2.75, 3.05) is 4.90 Å². The first-order valence-corrected chi connectivity index (χ1v) is 10.0. The fourth-order valence-electron chi connectivity index (χ4n) is 3.81. The molecule has 1 atom stereocenters. The number of hydrogen-bond acceptors (Lipinski definition) is 2. The van der Waals surface area contributed by atoms with Gasteiger partial charge in [0.1, 0.15) is 11.6 Å². The lowest BCUT2D eigenvalue weighted by Crippen LogP contribution is -2.44. The summed E-state index contributed by atoms with van der Waals surface area (Å²) in [7, 11) is 0. The third-order valence-corrected chi connectivity index (χ3v) is 5.36. The molecule has 0 aliphatic carbocycles. The van der Waals surface area contributed by atoms with Gasteiger partial charge in [0.15, 0.2) is 0 Å². The molecule has 1 aliphatic rings. The molecule has 1 unspecified atom stereocenters. The minimum Gasteiger partial charge on any atom is -0.305 e. The first kappa shape index (κ1) is 20.0. The molecule has 0 spiro atoms. The van der Waals surface area contributed by atoms with Gasteiger partial charge in [-0.25, -0.2) is 8.78 Å². The van der Waals surface area contributed by atoms with Gasteiger partial charge in [0.05, 0.1) is 17.1 Å². The number of benzene rings is 3. The van der Waals surface area contributed by atoms with Crippen LogP contribution in [0.15, 0.2) is 71.7 Å². The number of nitrogens with zero attached hydrogens (tertiary/aromatic N) is 2. The fraction of sp³-hybridized carbons (Fsp3) is 0.200. The zero-order valence-corrected chi connectivity index (χ0v) is 16.9. The van der Waals surface area contributed by atoms with Gasteiger partial charge in [-0.3, -0.25) is 9.79 Å². The van der Waals surface area contributed by atoms with Gasteiger partial charge in [0, 0.05) is 23.6 Å². The molecule has 0 radical (unpaired) electrons. The second kappa shape index (κ2) is 8.19. The van der Waals surface area contributed by atoms with Gasteiger partial charge in [-0.1, -0.05) is 25.1 Å². The molecule has 152 valence electrons. The number of aliphatic imine (C=N–C) groups is 1. The van der Waals surface area contributed by atoms with Gasteiger partial charge in [-0.05, 0) is 67.4 Å². The number of halogens is 2. The summed E-state index contributed by atoms with van der Waals surface area (Å²) in [5.74, 6) is -0.926. The van der Waals surface area contributed by atoms with E-state index < -0.39 is 5.82 Å². The van der Waals surface area contributed by atoms with E-state index in [4.69, 9.17) is 0 Å². The third kappa shape index (κ3) is 3.88. The van der Waals surface area contributed by atoms with Crippen molar-refractivity contribution >= 4 is 23.0 Å². The van der Waals surface area contributed by atoms with E-state index in [0.717, 1.165) is 12.0 Å². The van der Waals surface area contributed by atoms with Crippen molar-refractivity contribution < 1.29 is 13.6 Å². The zero-order valence-electron chi connectivity index (χ0n) is 16.9. The molecule has 0 N–H and O–H groups in total. The minimum absolute atomic E-state index is 0.136. The first-order valence-electron chi connectivity index (χ1n) is 10.0. The average molecular weight is 404 g/mol. The van der Waals surface area contributed by atoms with E-state index in [-0.39, 0.29) is 17.8 Å². The molecule has 0 aromatic heterocycles. The summed E-state index contributed by atoms with van der Waals surface area (Å²) in [6, 6.07) is 17.7. The lowest BCUT2D eigenvalue weighted by molar-refractivity contribution is 0.0978. The van der Waals surface area contributed by atoms with Gasteiger partial charge in [-0.15, -0.1) is 0 Å². The molecule has 30 heavy (non-hydrogen) atoms. The number of anilines is 1. The molecule has 0 bridgehead atoms. The maximum absolute atomic E-state index is 14.1. The van der Waals surface area contributed by atoms with E-state index >= 15 is 0 Å². The van der Waals surface area contributed by atoms with Gasteiger partial charge in [-0.2, -0.15) is 0 Å². The Balaban J connectivity index is 1.77. The van der Waals surface area contributed by atoms with Crippen molar-refractivity contribution in [3.63, 3.8) is 0 Å². The van der Waals surface area contributed by atoms with Crippen LogP contribution < -0.4 is 4.90 Å². The fourth-order valence-corrected chi connectivity index (χ4v) is 3.81. The van der Waals surface area contributed by atoms with Crippen LogP contribution >= 0.6 is 0 Å². The van der Waals surface area contributed by atoms with Crippen molar-refractivity contribution in [3.05, 3.63) is 95.1 Å². The third-order valence-electron chi connectivity index (χ3n) is 5.36. The van der Waals surface area contributed by atoms with Gasteiger partial charge in [0.25, 0.3) is 5.91 Å². The summed E-state index contributed by atoms with van der Waals surface area (Å²) in [5.41, 5.74) is 3.99. The van der Waals surface area contributed by atoms with Crippen LogP contribution in [0.5, 0.6) is 0 Å². The highest BCUT2D eigenvalue weighted by molar-refractivity contribution is 6.16. The van der Waals surface area contributed by atoms with Crippen LogP contribution in [0.25, 0.3) is 0 Å². The summed E-state index contributed by atoms with van der Waals surface area (Å²) >= 11 is 0. The SMILES string of the molecule is CCc1ccc(C(=O)N2c3ccc(F)cc3C(=Nc3cccc(F)c3)CC2C)cc1. The van der Waals surface area contributed by atoms with E-state index in [1.54, 1.807) is 23.1 Å². The van der Waals surface area contributed by atoms with E-state index in [1.807, 2.05) is 31.2 Å². The average Bonchev–Trinajstić information content (AvgIpc) is 2.74. The van der Waals surface area contributed by atoms with Gasteiger partial charge < -0.3 is 4.90 Å². The number of rotatable bonds is 3. The van der Waals surface area contributed by atoms with Crippen molar-refractivity contribution in [1.82, 2.24) is 0 Å². The minimum atomic E-state index is -0.407. The zero-order chi connectivity index (χ0) is 21.3. The smallest absolute Gasteiger partial charge is 0.258 e. The summed E-state index contributed by atoms with van der Waals surface area (Å²) in [6.45, 7) is 4.00. The second-order valence-electron chi connectivity index (χ2n) is 7.48. The number of aryl methyl sites for hydroxylation is 1. The molecule has 1 heterocycles. The standard InChI is InChI=1S/C25H22F2N2O/c1-3-17-7-9-18(10-8-17)25(30)29-16(2)13-23(22-15-20(27)11-12-24(22)29)28-21-6-4-5-19(26)14-21/h4-12,14-16H,3,13H2,1-2H3. The molecule has 4 rings (SSSR count). The largest absolute Gasteiger partial charge is 0.305 e. The number of carbonyl (C=O) groups excluding carboxylic acids is 1. The van der Waals surface area contributed by atoms with Crippen LogP contribution in [0.1, 0.15) is 41.8 Å². The number of hydrogen-bond donors (Lipinski definition) is 0. The molecular formula is C25H22F2N2O. The van der Waals surface area contributed by atoms with E-state index in [2.05, 4.69) is 11.9 Å². The van der Waals surface area contributed by atoms with Crippen LogP contribution in [0.3, 0.4) is 0 Å². The first-order chi connectivity index (χ1) is 14.5. The Morgan fingerprint density at radius 2 is 1.77 bits per heavy atom. The highest BCUT2D eigenvalue weighted by atomic mass is 19.1. The van der Waals surface area contributed by atoms with Crippen molar-refractivity contribution in [1.29, 1.82) is 0 Å². The normalized spacial score (nSPS) is 17.1. The Morgan fingerprint density at radius 1 is 1.03 bits per heavy atom. The highest BCUT2D eigenvalue weighted by Gasteiger charge is 2.32. The molecule has 3 nitrogen and oxygen atoms in total. The second-order valence-corrected chi connectivity index (χ2v) is 7.48. The van der Waals surface area contributed by atoms with E-state index in [9.17, 15) is 13.6 Å². The molecule has 0 fully saturated rings. The monoisotopic (exact) mass is 404 g/mol. The molecule has 3 aromatic carbocycles. The molecule has 0 saturated heterocycles. The Hall–Kier alpha value is -3.34. The molecule has 1 aliphatic heterocycles. The molecule has 0 saturated carbocycles. The van der Waals surface area contributed by atoms with E-state index in [0.29, 0.717) is 34.6 Å². The molecule has 1 amide bonds. The van der Waals surface area contributed by atoms with Crippen LogP contribution in [0.2, 0.25) is 0 Å². The summed E-state index contributed by atoms with van der Waals surface area (Å²) in [6.07, 6.45) is 1.34. The van der Waals surface area contributed by atoms with E-state index in [1.165, 1.54) is 24.3 Å². The molecule has 3 aromatic rings. The van der Waals surface area contributed by atoms with Crippen molar-refractivity contribution in [2.24, 2.45) is 4.99 Å². The lowest BCUT2D eigenvalue weighted by Gasteiger charge is -2.36. The van der Waals surface area contributed by atoms with Gasteiger partial charge >= 0.3 is 0 Å². The van der Waals surface area contributed by atoms with Crippen LogP contribution in [-0.4, -0.2) is 17.7 Å². The summed E-state index contributed by atoms with van der Waals surface area (Å²) in [5, 5.41) is 0. The van der Waals surface area contributed by atoms with Crippen molar-refractivity contribution in [2.45, 2.75) is 32.7 Å². The lowest BCUT2D eigenvalue weighted by atomic mass is 9.93. The molecular weight excluding hydrogens is 382 g/mol.